The van der Waals surface area contributed by atoms with Crippen LogP contribution in [0.5, 0.6) is 0 Å². The molecule has 0 amide bonds. The lowest BCUT2D eigenvalue weighted by Gasteiger charge is -2.05. The average molecular weight is 218 g/mol. The highest BCUT2D eigenvalue weighted by molar-refractivity contribution is 5.95. The van der Waals surface area contributed by atoms with Crippen molar-refractivity contribution >= 4 is 22.7 Å². The van der Waals surface area contributed by atoms with Crippen molar-refractivity contribution in [3.63, 3.8) is 0 Å². The molecule has 0 saturated heterocycles. The lowest BCUT2D eigenvalue weighted by Crippen LogP contribution is -2.26. The largest absolute Gasteiger partial charge is 0.417 e. The Bertz CT molecular complexity index is 611. The Hall–Kier alpha value is -2.24. The van der Waals surface area contributed by atoms with Gasteiger partial charge in [0, 0.05) is 18.3 Å². The first kappa shape index (κ1) is 9.02. The minimum atomic E-state index is -0.441. The van der Waals surface area contributed by atoms with Crippen LogP contribution in [0.3, 0.4) is 0 Å². The molecule has 0 aliphatic carbocycles. The molecule has 0 atom stereocenters. The summed E-state index contributed by atoms with van der Waals surface area (Å²) in [7, 11) is 0. The predicted octanol–water partition coefficient (Wildman–Crippen LogP) is 0.492. The quantitative estimate of drug-likeness (QED) is 0.650. The molecule has 16 heavy (non-hydrogen) atoms. The molecule has 1 aromatic heterocycles. The van der Waals surface area contributed by atoms with Crippen LogP contribution < -0.4 is 16.4 Å². The number of fused-ring (bicyclic) bond motifs is 1. The topological polar surface area (TPSA) is 82.4 Å². The van der Waals surface area contributed by atoms with E-state index in [2.05, 4.69) is 20.6 Å². The first-order valence-corrected chi connectivity index (χ1v) is 4.99. The number of H-pyrrole nitrogens is 1. The van der Waals surface area contributed by atoms with Gasteiger partial charge in [0.15, 0.2) is 11.5 Å². The summed E-state index contributed by atoms with van der Waals surface area (Å²) < 4.78 is 4.96. The maximum Gasteiger partial charge on any atom is 0.417 e. The number of anilines is 1. The number of nitrogens with zero attached hydrogens (tertiary/aromatic N) is 1. The summed E-state index contributed by atoms with van der Waals surface area (Å²) in [4.78, 5) is 17.8. The smallest absolute Gasteiger partial charge is 0.408 e. The van der Waals surface area contributed by atoms with Crippen LogP contribution in [-0.2, 0) is 0 Å². The highest BCUT2D eigenvalue weighted by atomic mass is 16.4. The molecule has 82 valence electrons. The molecule has 0 fully saturated rings. The van der Waals surface area contributed by atoms with Gasteiger partial charge in [0.1, 0.15) is 0 Å². The molecule has 6 nitrogen and oxygen atoms in total. The summed E-state index contributed by atoms with van der Waals surface area (Å²) in [6, 6.07) is 5.41. The van der Waals surface area contributed by atoms with Gasteiger partial charge in [-0.2, -0.15) is 0 Å². The number of nitrogens with one attached hydrogen (secondary N) is 3. The van der Waals surface area contributed by atoms with Crippen LogP contribution in [0.25, 0.3) is 11.1 Å². The van der Waals surface area contributed by atoms with Crippen molar-refractivity contribution < 1.29 is 4.42 Å². The molecule has 0 spiro atoms. The number of aromatic amines is 1. The van der Waals surface area contributed by atoms with Crippen molar-refractivity contribution in [3.8, 4) is 0 Å². The van der Waals surface area contributed by atoms with Gasteiger partial charge in [-0.1, -0.05) is 0 Å². The first-order valence-electron chi connectivity index (χ1n) is 4.99. The Morgan fingerprint density at radius 1 is 1.44 bits per heavy atom. The second-order valence-electron chi connectivity index (χ2n) is 3.51. The van der Waals surface area contributed by atoms with Gasteiger partial charge < -0.3 is 15.1 Å². The van der Waals surface area contributed by atoms with Crippen LogP contribution in [0.4, 0.5) is 5.69 Å². The highest BCUT2D eigenvalue weighted by Gasteiger charge is 2.06. The van der Waals surface area contributed by atoms with Gasteiger partial charge in [0.2, 0.25) is 0 Å². The number of benzene rings is 1. The standard InChI is InChI=1S/C10H10N4O2/c15-10-14-7-2-1-6(5-8(7)16-10)13-9-11-3-4-12-9/h1-2,5H,3-4H2,(H,14,15)(H2,11,12,13). The molecule has 0 unspecified atom stereocenters. The normalized spacial score (nSPS) is 14.9. The fourth-order valence-corrected chi connectivity index (χ4v) is 1.64. The molecule has 1 aliphatic heterocycles. The number of oxazole rings is 1. The molecule has 1 aromatic carbocycles. The van der Waals surface area contributed by atoms with Gasteiger partial charge in [-0.15, -0.1) is 0 Å². The van der Waals surface area contributed by atoms with Crippen molar-refractivity contribution in [3.05, 3.63) is 28.7 Å². The van der Waals surface area contributed by atoms with E-state index in [0.29, 0.717) is 11.1 Å². The SMILES string of the molecule is O=c1[nH]c2ccc(NC3=NCCN3)cc2o1. The minimum absolute atomic E-state index is 0.441. The Morgan fingerprint density at radius 3 is 3.19 bits per heavy atom. The second-order valence-corrected chi connectivity index (χ2v) is 3.51. The lowest BCUT2D eigenvalue weighted by molar-refractivity contribution is 0.555. The summed E-state index contributed by atoms with van der Waals surface area (Å²) in [6.07, 6.45) is 0. The van der Waals surface area contributed by atoms with E-state index in [1.807, 2.05) is 6.07 Å². The van der Waals surface area contributed by atoms with Crippen LogP contribution in [-0.4, -0.2) is 24.0 Å². The van der Waals surface area contributed by atoms with Gasteiger partial charge in [-0.25, -0.2) is 4.79 Å². The molecule has 3 rings (SSSR count). The third-order valence-corrected chi connectivity index (χ3v) is 2.36. The maximum atomic E-state index is 11.0. The summed E-state index contributed by atoms with van der Waals surface area (Å²) in [5.74, 6) is 0.306. The fourth-order valence-electron chi connectivity index (χ4n) is 1.64. The summed E-state index contributed by atoms with van der Waals surface area (Å²) in [5.41, 5.74) is 2.06. The van der Waals surface area contributed by atoms with Crippen LogP contribution in [0.2, 0.25) is 0 Å². The molecule has 0 radical (unpaired) electrons. The van der Waals surface area contributed by atoms with E-state index in [0.717, 1.165) is 24.7 Å². The van der Waals surface area contributed by atoms with Gasteiger partial charge in [-0.3, -0.25) is 9.98 Å². The lowest BCUT2D eigenvalue weighted by atomic mass is 10.3. The number of aromatic nitrogens is 1. The highest BCUT2D eigenvalue weighted by Crippen LogP contribution is 2.16. The summed E-state index contributed by atoms with van der Waals surface area (Å²) in [5, 5.41) is 6.20. The van der Waals surface area contributed by atoms with Crippen LogP contribution in [0, 0.1) is 0 Å². The van der Waals surface area contributed by atoms with Gasteiger partial charge >= 0.3 is 5.76 Å². The van der Waals surface area contributed by atoms with E-state index in [1.165, 1.54) is 0 Å². The molecule has 2 heterocycles. The molecule has 3 N–H and O–H groups in total. The zero-order chi connectivity index (χ0) is 11.0. The monoisotopic (exact) mass is 218 g/mol. The van der Waals surface area contributed by atoms with Crippen molar-refractivity contribution in [2.24, 2.45) is 4.99 Å². The van der Waals surface area contributed by atoms with Gasteiger partial charge in [-0.05, 0) is 12.1 Å². The van der Waals surface area contributed by atoms with Gasteiger partial charge in [0.05, 0.1) is 12.1 Å². The number of hydrogen-bond donors (Lipinski definition) is 3. The molecule has 0 saturated carbocycles. The Labute approximate surface area is 90.4 Å². The predicted molar refractivity (Wildman–Crippen MR) is 60.8 cm³/mol. The van der Waals surface area contributed by atoms with Crippen molar-refractivity contribution in [2.45, 2.75) is 0 Å². The van der Waals surface area contributed by atoms with E-state index in [4.69, 9.17) is 4.42 Å². The van der Waals surface area contributed by atoms with Gasteiger partial charge in [0.25, 0.3) is 0 Å². The molecule has 6 heteroatoms. The van der Waals surface area contributed by atoms with E-state index >= 15 is 0 Å². The van der Waals surface area contributed by atoms with E-state index in [-0.39, 0.29) is 0 Å². The van der Waals surface area contributed by atoms with Crippen LogP contribution in [0.1, 0.15) is 0 Å². The fraction of sp³-hybridized carbons (Fsp3) is 0.200. The minimum Gasteiger partial charge on any atom is -0.408 e. The molecular weight excluding hydrogens is 208 g/mol. The van der Waals surface area contributed by atoms with Crippen molar-refractivity contribution in [1.29, 1.82) is 0 Å². The number of guanidine groups is 1. The van der Waals surface area contributed by atoms with Crippen LogP contribution in [0.15, 0.2) is 32.4 Å². The first-order chi connectivity index (χ1) is 7.81. The van der Waals surface area contributed by atoms with Crippen molar-refractivity contribution in [2.75, 3.05) is 18.4 Å². The Balaban J connectivity index is 1.95. The number of aliphatic imine (C=N–C) groups is 1. The summed E-state index contributed by atoms with van der Waals surface area (Å²) >= 11 is 0. The zero-order valence-corrected chi connectivity index (χ0v) is 8.41. The third-order valence-electron chi connectivity index (χ3n) is 2.36. The van der Waals surface area contributed by atoms with Crippen LogP contribution >= 0.6 is 0 Å². The number of rotatable bonds is 1. The molecule has 1 aliphatic rings. The van der Waals surface area contributed by atoms with E-state index < -0.39 is 5.76 Å². The zero-order valence-electron chi connectivity index (χ0n) is 8.41. The van der Waals surface area contributed by atoms with E-state index in [1.54, 1.807) is 12.1 Å². The Kier molecular flexibility index (Phi) is 1.92. The van der Waals surface area contributed by atoms with E-state index in [9.17, 15) is 4.79 Å². The molecule has 2 aromatic rings. The van der Waals surface area contributed by atoms with Crippen molar-refractivity contribution in [1.82, 2.24) is 10.3 Å². The molecule has 0 bridgehead atoms. The Morgan fingerprint density at radius 2 is 2.38 bits per heavy atom. The third kappa shape index (κ3) is 1.54. The molecular formula is C10H10N4O2. The number of hydrogen-bond acceptors (Lipinski definition) is 5. The average Bonchev–Trinajstić information content (AvgIpc) is 2.85. The summed E-state index contributed by atoms with van der Waals surface area (Å²) in [6.45, 7) is 1.63. The maximum absolute atomic E-state index is 11.0. The second kappa shape index (κ2) is 3.41.